The van der Waals surface area contributed by atoms with Gasteiger partial charge in [-0.1, -0.05) is 6.07 Å². The molecule has 1 aromatic rings. The lowest BCUT2D eigenvalue weighted by Gasteiger charge is -2.31. The van der Waals surface area contributed by atoms with Gasteiger partial charge in [0.25, 0.3) is 0 Å². The second kappa shape index (κ2) is 5.80. The summed E-state index contributed by atoms with van der Waals surface area (Å²) in [4.78, 5) is 14.0. The molecular weight excluding hydrogens is 278 g/mol. The van der Waals surface area contributed by atoms with Crippen LogP contribution in [0, 0.1) is 0 Å². The van der Waals surface area contributed by atoms with Gasteiger partial charge in [-0.3, -0.25) is 9.69 Å². The Morgan fingerprint density at radius 1 is 1.35 bits per heavy atom. The van der Waals surface area contributed by atoms with Gasteiger partial charge in [0.05, 0.1) is 17.5 Å². The van der Waals surface area contributed by atoms with Crippen molar-refractivity contribution in [3.8, 4) is 0 Å². The predicted molar refractivity (Wildman–Crippen MR) is 79.2 cm³/mol. The number of hydrogen-bond donors (Lipinski definition) is 2. The number of amides is 1. The van der Waals surface area contributed by atoms with Crippen molar-refractivity contribution in [2.24, 2.45) is 0 Å². The molecule has 0 radical (unpaired) electrons. The van der Waals surface area contributed by atoms with E-state index in [1.54, 1.807) is 31.2 Å². The van der Waals surface area contributed by atoms with Crippen LogP contribution in [0.25, 0.3) is 0 Å². The Hall–Kier alpha value is -1.60. The summed E-state index contributed by atoms with van der Waals surface area (Å²) in [5.74, 6) is 0.0705. The molecular formula is C13H19N3O3S. The van der Waals surface area contributed by atoms with Crippen LogP contribution in [-0.4, -0.2) is 49.9 Å². The van der Waals surface area contributed by atoms with Gasteiger partial charge in [-0.2, -0.15) is 0 Å². The van der Waals surface area contributed by atoms with Gasteiger partial charge < -0.3 is 11.1 Å². The topological polar surface area (TPSA) is 92.5 Å². The summed E-state index contributed by atoms with van der Waals surface area (Å²) in [5.41, 5.74) is 6.88. The van der Waals surface area contributed by atoms with Crippen molar-refractivity contribution < 1.29 is 13.2 Å². The van der Waals surface area contributed by atoms with E-state index < -0.39 is 9.84 Å². The Balaban J connectivity index is 1.96. The van der Waals surface area contributed by atoms with Gasteiger partial charge >= 0.3 is 0 Å². The molecule has 0 aromatic heterocycles. The van der Waals surface area contributed by atoms with E-state index in [1.165, 1.54) is 0 Å². The molecule has 1 aliphatic rings. The summed E-state index contributed by atoms with van der Waals surface area (Å²) in [6.07, 6.45) is 0. The van der Waals surface area contributed by atoms with Gasteiger partial charge in [0.1, 0.15) is 0 Å². The summed E-state index contributed by atoms with van der Waals surface area (Å²) >= 11 is 0. The molecule has 1 heterocycles. The van der Waals surface area contributed by atoms with Crippen LogP contribution in [0.5, 0.6) is 0 Å². The Bertz CT molecular complexity index is 587. The van der Waals surface area contributed by atoms with Gasteiger partial charge in [0.2, 0.25) is 5.91 Å². The zero-order chi connectivity index (χ0) is 14.8. The normalized spacial score (nSPS) is 20.2. The van der Waals surface area contributed by atoms with Crippen molar-refractivity contribution in [2.45, 2.75) is 13.0 Å². The molecule has 1 amide bonds. The van der Waals surface area contributed by atoms with Gasteiger partial charge in [0, 0.05) is 24.5 Å². The first kappa shape index (κ1) is 14.8. The molecule has 7 heteroatoms. The lowest BCUT2D eigenvalue weighted by atomic mass is 10.2. The number of carbonyl (C=O) groups is 1. The Morgan fingerprint density at radius 2 is 2.00 bits per heavy atom. The average molecular weight is 297 g/mol. The van der Waals surface area contributed by atoms with Crippen molar-refractivity contribution in [1.82, 2.24) is 4.90 Å². The van der Waals surface area contributed by atoms with Gasteiger partial charge in [-0.05, 0) is 25.1 Å². The molecule has 1 fully saturated rings. The fourth-order valence-corrected chi connectivity index (χ4v) is 3.37. The number of rotatable bonds is 3. The minimum atomic E-state index is -2.93. The Labute approximate surface area is 118 Å². The first-order chi connectivity index (χ1) is 9.37. The highest BCUT2D eigenvalue weighted by atomic mass is 32.2. The van der Waals surface area contributed by atoms with E-state index in [-0.39, 0.29) is 23.5 Å². The average Bonchev–Trinajstić information content (AvgIpc) is 2.38. The number of anilines is 2. The molecule has 1 saturated heterocycles. The summed E-state index contributed by atoms with van der Waals surface area (Å²) in [5, 5.41) is 2.79. The second-order valence-corrected chi connectivity index (χ2v) is 7.28. The van der Waals surface area contributed by atoms with Crippen molar-refractivity contribution in [2.75, 3.05) is 35.6 Å². The lowest BCUT2D eigenvalue weighted by Crippen LogP contribution is -2.49. The number of nitrogens with two attached hydrogens (primary N) is 1. The molecule has 0 bridgehead atoms. The number of nitrogen functional groups attached to an aromatic ring is 1. The van der Waals surface area contributed by atoms with Gasteiger partial charge in [0.15, 0.2) is 9.84 Å². The highest BCUT2D eigenvalue weighted by molar-refractivity contribution is 7.91. The predicted octanol–water partition coefficient (Wildman–Crippen LogP) is 0.326. The molecule has 1 aliphatic heterocycles. The number of nitrogens with zero attached hydrogens (tertiary/aromatic N) is 1. The van der Waals surface area contributed by atoms with E-state index in [4.69, 9.17) is 5.73 Å². The number of sulfone groups is 1. The molecule has 2 rings (SSSR count). The van der Waals surface area contributed by atoms with Crippen molar-refractivity contribution in [3.05, 3.63) is 24.3 Å². The van der Waals surface area contributed by atoms with Crippen LogP contribution in [0.4, 0.5) is 11.4 Å². The number of nitrogens with one attached hydrogen (secondary N) is 1. The molecule has 0 saturated carbocycles. The molecule has 110 valence electrons. The standard InChI is InChI=1S/C13H19N3O3S/c1-10(16-5-7-20(18,19)8-6-16)13(17)15-12-4-2-3-11(14)9-12/h2-4,9-10H,5-8,14H2,1H3,(H,15,17). The van der Waals surface area contributed by atoms with Crippen LogP contribution < -0.4 is 11.1 Å². The number of carbonyl (C=O) groups excluding carboxylic acids is 1. The van der Waals surface area contributed by atoms with Crippen LogP contribution in [0.15, 0.2) is 24.3 Å². The number of hydrogen-bond acceptors (Lipinski definition) is 5. The molecule has 6 nitrogen and oxygen atoms in total. The summed E-state index contributed by atoms with van der Waals surface area (Å²) in [6, 6.07) is 6.59. The second-order valence-electron chi connectivity index (χ2n) is 4.98. The van der Waals surface area contributed by atoms with E-state index in [0.717, 1.165) is 0 Å². The summed E-state index contributed by atoms with van der Waals surface area (Å²) < 4.78 is 22.8. The van der Waals surface area contributed by atoms with Crippen LogP contribution >= 0.6 is 0 Å². The van der Waals surface area contributed by atoms with E-state index in [2.05, 4.69) is 5.32 Å². The maximum absolute atomic E-state index is 12.1. The van der Waals surface area contributed by atoms with Crippen LogP contribution in [0.1, 0.15) is 6.92 Å². The molecule has 3 N–H and O–H groups in total. The van der Waals surface area contributed by atoms with Crippen LogP contribution in [0.3, 0.4) is 0 Å². The summed E-state index contributed by atoms with van der Waals surface area (Å²) in [7, 11) is -2.93. The first-order valence-electron chi connectivity index (χ1n) is 6.48. The minimum absolute atomic E-state index is 0.114. The molecule has 1 atom stereocenters. The maximum Gasteiger partial charge on any atom is 0.241 e. The SMILES string of the molecule is CC(C(=O)Nc1cccc(N)c1)N1CCS(=O)(=O)CC1. The molecule has 0 spiro atoms. The fraction of sp³-hybridized carbons (Fsp3) is 0.462. The number of benzene rings is 1. The highest BCUT2D eigenvalue weighted by Crippen LogP contribution is 2.14. The van der Waals surface area contributed by atoms with Crippen LogP contribution in [0.2, 0.25) is 0 Å². The molecule has 0 aliphatic carbocycles. The lowest BCUT2D eigenvalue weighted by molar-refractivity contribution is -0.120. The fourth-order valence-electron chi connectivity index (χ4n) is 2.14. The highest BCUT2D eigenvalue weighted by Gasteiger charge is 2.28. The smallest absolute Gasteiger partial charge is 0.241 e. The van der Waals surface area contributed by atoms with Crippen molar-refractivity contribution in [1.29, 1.82) is 0 Å². The van der Waals surface area contributed by atoms with E-state index in [1.807, 2.05) is 4.90 Å². The van der Waals surface area contributed by atoms with Crippen molar-refractivity contribution in [3.63, 3.8) is 0 Å². The maximum atomic E-state index is 12.1. The van der Waals surface area contributed by atoms with Gasteiger partial charge in [-0.15, -0.1) is 0 Å². The van der Waals surface area contributed by atoms with Gasteiger partial charge in [-0.25, -0.2) is 8.42 Å². The minimum Gasteiger partial charge on any atom is -0.399 e. The Morgan fingerprint density at radius 3 is 2.60 bits per heavy atom. The van der Waals surface area contributed by atoms with E-state index in [9.17, 15) is 13.2 Å². The summed E-state index contributed by atoms with van der Waals surface area (Å²) in [6.45, 7) is 2.57. The molecule has 1 unspecified atom stereocenters. The van der Waals surface area contributed by atoms with E-state index >= 15 is 0 Å². The quantitative estimate of drug-likeness (QED) is 0.784. The third-order valence-electron chi connectivity index (χ3n) is 3.46. The zero-order valence-corrected chi connectivity index (χ0v) is 12.2. The largest absolute Gasteiger partial charge is 0.399 e. The molecule has 20 heavy (non-hydrogen) atoms. The van der Waals surface area contributed by atoms with Crippen LogP contribution in [-0.2, 0) is 14.6 Å². The third-order valence-corrected chi connectivity index (χ3v) is 5.07. The third kappa shape index (κ3) is 3.71. The Kier molecular flexibility index (Phi) is 4.29. The van der Waals surface area contributed by atoms with Crippen molar-refractivity contribution >= 4 is 27.1 Å². The monoisotopic (exact) mass is 297 g/mol. The molecule has 1 aromatic carbocycles. The van der Waals surface area contributed by atoms with E-state index in [0.29, 0.717) is 24.5 Å². The first-order valence-corrected chi connectivity index (χ1v) is 8.30. The zero-order valence-electron chi connectivity index (χ0n) is 11.4.